The average molecular weight is 434 g/mol. The Morgan fingerprint density at radius 2 is 1.60 bits per heavy atom. The monoisotopic (exact) mass is 433 g/mol. The van der Waals surface area contributed by atoms with E-state index < -0.39 is 33.7 Å². The van der Waals surface area contributed by atoms with Crippen LogP contribution in [0.3, 0.4) is 0 Å². The van der Waals surface area contributed by atoms with Crippen LogP contribution < -0.4 is 15.4 Å². The van der Waals surface area contributed by atoms with Crippen molar-refractivity contribution in [3.05, 3.63) is 59.9 Å². The summed E-state index contributed by atoms with van der Waals surface area (Å²) in [7, 11) is -3.57. The van der Waals surface area contributed by atoms with Gasteiger partial charge in [0.1, 0.15) is 11.9 Å². The molecule has 0 unspecified atom stereocenters. The van der Waals surface area contributed by atoms with Crippen LogP contribution >= 0.6 is 0 Å². The van der Waals surface area contributed by atoms with Crippen LogP contribution in [-0.4, -0.2) is 32.3 Å². The lowest BCUT2D eigenvalue weighted by Gasteiger charge is -2.22. The molecule has 2 aromatic rings. The molecular weight excluding hydrogens is 409 g/mol. The van der Waals surface area contributed by atoms with Gasteiger partial charge in [-0.1, -0.05) is 13.8 Å². The molecule has 0 aromatic heterocycles. The Morgan fingerprint density at radius 1 is 1.00 bits per heavy atom. The first-order valence-corrected chi connectivity index (χ1v) is 11.1. The number of amides is 2. The van der Waals surface area contributed by atoms with Crippen LogP contribution in [0.15, 0.2) is 53.4 Å². The van der Waals surface area contributed by atoms with Gasteiger partial charge >= 0.3 is 0 Å². The third-order valence-electron chi connectivity index (χ3n) is 4.67. The highest BCUT2D eigenvalue weighted by Crippen LogP contribution is 2.23. The maximum atomic E-state index is 13.0. The number of hydrogen-bond donors (Lipinski definition) is 3. The molecule has 0 heterocycles. The molecule has 30 heavy (non-hydrogen) atoms. The number of carbonyl (C=O) groups excluding carboxylic acids is 2. The molecular formula is C21H24FN3O4S. The van der Waals surface area contributed by atoms with Gasteiger partial charge in [0.25, 0.3) is 5.91 Å². The second kappa shape index (κ2) is 8.93. The van der Waals surface area contributed by atoms with E-state index in [9.17, 15) is 22.4 Å². The zero-order chi connectivity index (χ0) is 21.9. The van der Waals surface area contributed by atoms with E-state index in [2.05, 4.69) is 15.4 Å². The number of rotatable bonds is 8. The van der Waals surface area contributed by atoms with E-state index in [0.717, 1.165) is 12.8 Å². The highest BCUT2D eigenvalue weighted by Gasteiger charge is 2.28. The largest absolute Gasteiger partial charge is 0.340 e. The number of nitrogens with one attached hydrogen (secondary N) is 3. The lowest BCUT2D eigenvalue weighted by Crippen LogP contribution is -2.47. The van der Waals surface area contributed by atoms with Crippen molar-refractivity contribution in [2.75, 3.05) is 5.32 Å². The molecule has 1 aliphatic carbocycles. The molecule has 1 fully saturated rings. The summed E-state index contributed by atoms with van der Waals surface area (Å²) in [5, 5.41) is 5.35. The predicted octanol–water partition coefficient (Wildman–Crippen LogP) is 2.66. The first-order valence-electron chi connectivity index (χ1n) is 9.65. The normalized spacial score (nSPS) is 14.9. The second-order valence-corrected chi connectivity index (χ2v) is 9.33. The molecule has 0 bridgehead atoms. The molecule has 2 amide bonds. The molecule has 0 aliphatic heterocycles. The van der Waals surface area contributed by atoms with E-state index >= 15 is 0 Å². The molecule has 0 radical (unpaired) electrons. The van der Waals surface area contributed by atoms with Crippen molar-refractivity contribution in [2.24, 2.45) is 5.92 Å². The summed E-state index contributed by atoms with van der Waals surface area (Å²) in [6.45, 7) is 3.57. The maximum Gasteiger partial charge on any atom is 0.251 e. The molecule has 1 aliphatic rings. The molecule has 1 atom stereocenters. The zero-order valence-electron chi connectivity index (χ0n) is 16.7. The second-order valence-electron chi connectivity index (χ2n) is 7.61. The first-order chi connectivity index (χ1) is 14.2. The number of carbonyl (C=O) groups is 2. The Balaban J connectivity index is 1.65. The molecule has 3 N–H and O–H groups in total. The highest BCUT2D eigenvalue weighted by molar-refractivity contribution is 7.89. The number of anilines is 1. The molecule has 2 aromatic carbocycles. The van der Waals surface area contributed by atoms with Crippen molar-refractivity contribution < 1.29 is 22.4 Å². The minimum atomic E-state index is -3.57. The van der Waals surface area contributed by atoms with Crippen LogP contribution in [-0.2, 0) is 14.8 Å². The van der Waals surface area contributed by atoms with Gasteiger partial charge < -0.3 is 10.6 Å². The van der Waals surface area contributed by atoms with E-state index in [0.29, 0.717) is 5.69 Å². The minimum absolute atomic E-state index is 0.00546. The van der Waals surface area contributed by atoms with Gasteiger partial charge in [-0.05, 0) is 67.3 Å². The van der Waals surface area contributed by atoms with Crippen LogP contribution in [0, 0.1) is 11.7 Å². The van der Waals surface area contributed by atoms with Gasteiger partial charge in [-0.25, -0.2) is 17.5 Å². The minimum Gasteiger partial charge on any atom is -0.340 e. The third kappa shape index (κ3) is 5.64. The standard InChI is InChI=1S/C21H24FN3O4S/c1-13(2)19(24-20(26)14-3-5-15(22)6-4-14)21(27)23-16-9-11-18(12-10-16)30(28,29)25-17-7-8-17/h3-6,9-13,17,19,25H,7-8H2,1-2H3,(H,23,27)(H,24,26)/t19-/m0/s1. The van der Waals surface area contributed by atoms with Gasteiger partial charge in [0.15, 0.2) is 0 Å². The number of halogens is 1. The average Bonchev–Trinajstić information content (AvgIpc) is 3.49. The summed E-state index contributed by atoms with van der Waals surface area (Å²) in [5.41, 5.74) is 0.652. The molecule has 9 heteroatoms. The Kier molecular flexibility index (Phi) is 6.52. The van der Waals surface area contributed by atoms with Gasteiger partial charge in [-0.3, -0.25) is 9.59 Å². The van der Waals surface area contributed by atoms with Gasteiger partial charge in [-0.2, -0.15) is 0 Å². The maximum absolute atomic E-state index is 13.0. The van der Waals surface area contributed by atoms with Crippen molar-refractivity contribution in [1.29, 1.82) is 0 Å². The Morgan fingerprint density at radius 3 is 2.13 bits per heavy atom. The summed E-state index contributed by atoms with van der Waals surface area (Å²) >= 11 is 0. The number of sulfonamides is 1. The fourth-order valence-electron chi connectivity index (χ4n) is 2.79. The lowest BCUT2D eigenvalue weighted by molar-refractivity contribution is -0.118. The zero-order valence-corrected chi connectivity index (χ0v) is 17.5. The molecule has 160 valence electrons. The van der Waals surface area contributed by atoms with Crippen LogP contribution in [0.5, 0.6) is 0 Å². The fourth-order valence-corrected chi connectivity index (χ4v) is 4.09. The van der Waals surface area contributed by atoms with E-state index in [1.54, 1.807) is 13.8 Å². The van der Waals surface area contributed by atoms with Crippen molar-refractivity contribution in [3.63, 3.8) is 0 Å². The van der Waals surface area contributed by atoms with Crippen LogP contribution in [0.2, 0.25) is 0 Å². The molecule has 7 nitrogen and oxygen atoms in total. The Bertz CT molecular complexity index is 1020. The number of benzene rings is 2. The molecule has 1 saturated carbocycles. The van der Waals surface area contributed by atoms with Crippen LogP contribution in [0.1, 0.15) is 37.0 Å². The van der Waals surface area contributed by atoms with Crippen molar-refractivity contribution in [2.45, 2.75) is 43.7 Å². The summed E-state index contributed by atoms with van der Waals surface area (Å²) in [6, 6.07) is 10.0. The van der Waals surface area contributed by atoms with Gasteiger partial charge in [0.2, 0.25) is 15.9 Å². The summed E-state index contributed by atoms with van der Waals surface area (Å²) in [4.78, 5) is 25.2. The van der Waals surface area contributed by atoms with E-state index in [1.807, 2.05) is 0 Å². The van der Waals surface area contributed by atoms with E-state index in [4.69, 9.17) is 0 Å². The van der Waals surface area contributed by atoms with E-state index in [-0.39, 0.29) is 22.4 Å². The molecule has 0 spiro atoms. The van der Waals surface area contributed by atoms with E-state index in [1.165, 1.54) is 48.5 Å². The quantitative estimate of drug-likeness (QED) is 0.595. The first kappa shape index (κ1) is 21.9. The third-order valence-corrected chi connectivity index (χ3v) is 6.21. The highest BCUT2D eigenvalue weighted by atomic mass is 32.2. The summed E-state index contributed by atoms with van der Waals surface area (Å²) in [6.07, 6.45) is 1.68. The Hall–Kier alpha value is -2.78. The van der Waals surface area contributed by atoms with Crippen molar-refractivity contribution in [3.8, 4) is 0 Å². The summed E-state index contributed by atoms with van der Waals surface area (Å²) in [5.74, 6) is -1.59. The van der Waals surface area contributed by atoms with Crippen molar-refractivity contribution in [1.82, 2.24) is 10.0 Å². The van der Waals surface area contributed by atoms with Crippen LogP contribution in [0.25, 0.3) is 0 Å². The Labute approximate surface area is 175 Å². The summed E-state index contributed by atoms with van der Waals surface area (Å²) < 4.78 is 40.1. The van der Waals surface area contributed by atoms with Gasteiger partial charge in [0, 0.05) is 17.3 Å². The van der Waals surface area contributed by atoms with Gasteiger partial charge in [-0.15, -0.1) is 0 Å². The van der Waals surface area contributed by atoms with Gasteiger partial charge in [0.05, 0.1) is 4.90 Å². The van der Waals surface area contributed by atoms with Crippen LogP contribution in [0.4, 0.5) is 10.1 Å². The lowest BCUT2D eigenvalue weighted by atomic mass is 10.0. The predicted molar refractivity (Wildman–Crippen MR) is 111 cm³/mol. The fraction of sp³-hybridized carbons (Fsp3) is 0.333. The molecule has 3 rings (SSSR count). The smallest absolute Gasteiger partial charge is 0.251 e. The molecule has 0 saturated heterocycles. The SMILES string of the molecule is CC(C)[C@H](NC(=O)c1ccc(F)cc1)C(=O)Nc1ccc(S(=O)(=O)NC2CC2)cc1. The van der Waals surface area contributed by atoms with Crippen molar-refractivity contribution >= 4 is 27.5 Å². The topological polar surface area (TPSA) is 104 Å². The number of hydrogen-bond acceptors (Lipinski definition) is 4.